The van der Waals surface area contributed by atoms with Crippen LogP contribution in [-0.4, -0.2) is 52.0 Å². The van der Waals surface area contributed by atoms with Gasteiger partial charge in [0, 0.05) is 26.2 Å². The summed E-state index contributed by atoms with van der Waals surface area (Å²) in [6.45, 7) is 7.26. The minimum Gasteiger partial charge on any atom is -0.486 e. The number of benzene rings is 1. The summed E-state index contributed by atoms with van der Waals surface area (Å²) < 4.78 is 16.3. The van der Waals surface area contributed by atoms with Crippen LogP contribution in [0.5, 0.6) is 11.5 Å². The Morgan fingerprint density at radius 2 is 2.17 bits per heavy atom. The SMILES string of the molecule is CCNC(=NCCc1cc(Cl)c2c(c1)OCCO2)NC(C)COC. The number of hydrogen-bond donors (Lipinski definition) is 2. The molecule has 0 fully saturated rings. The molecule has 0 radical (unpaired) electrons. The van der Waals surface area contributed by atoms with Crippen LogP contribution in [-0.2, 0) is 11.2 Å². The van der Waals surface area contributed by atoms with E-state index in [2.05, 4.69) is 22.5 Å². The van der Waals surface area contributed by atoms with Crippen molar-refractivity contribution in [3.8, 4) is 11.5 Å². The number of hydrogen-bond acceptors (Lipinski definition) is 4. The van der Waals surface area contributed by atoms with Gasteiger partial charge in [-0.05, 0) is 38.0 Å². The van der Waals surface area contributed by atoms with Crippen molar-refractivity contribution in [1.82, 2.24) is 10.6 Å². The van der Waals surface area contributed by atoms with Gasteiger partial charge in [-0.3, -0.25) is 4.99 Å². The van der Waals surface area contributed by atoms with Crippen molar-refractivity contribution in [3.63, 3.8) is 0 Å². The van der Waals surface area contributed by atoms with Gasteiger partial charge in [-0.1, -0.05) is 11.6 Å². The first-order valence-electron chi connectivity index (χ1n) is 8.25. The molecule has 0 saturated heterocycles. The molecule has 1 aromatic rings. The second-order valence-electron chi connectivity index (χ2n) is 5.61. The van der Waals surface area contributed by atoms with E-state index < -0.39 is 0 Å². The average molecular weight is 356 g/mol. The van der Waals surface area contributed by atoms with Crippen molar-refractivity contribution >= 4 is 17.6 Å². The van der Waals surface area contributed by atoms with Crippen LogP contribution >= 0.6 is 11.6 Å². The highest BCUT2D eigenvalue weighted by molar-refractivity contribution is 6.32. The highest BCUT2D eigenvalue weighted by Gasteiger charge is 2.16. The number of nitrogens with one attached hydrogen (secondary N) is 2. The van der Waals surface area contributed by atoms with Gasteiger partial charge in [0.15, 0.2) is 17.5 Å². The molecule has 134 valence electrons. The third kappa shape index (κ3) is 5.46. The summed E-state index contributed by atoms with van der Waals surface area (Å²) in [5, 5.41) is 7.13. The summed E-state index contributed by atoms with van der Waals surface area (Å²) in [5.74, 6) is 2.13. The van der Waals surface area contributed by atoms with Gasteiger partial charge in [0.2, 0.25) is 0 Å². The highest BCUT2D eigenvalue weighted by atomic mass is 35.5. The molecule has 24 heavy (non-hydrogen) atoms. The lowest BCUT2D eigenvalue weighted by molar-refractivity contribution is 0.171. The molecule has 1 aliphatic rings. The Morgan fingerprint density at radius 3 is 2.92 bits per heavy atom. The molecule has 1 heterocycles. The molecule has 1 aromatic carbocycles. The van der Waals surface area contributed by atoms with Crippen molar-refractivity contribution in [2.45, 2.75) is 26.3 Å². The molecule has 1 atom stereocenters. The first kappa shape index (κ1) is 18.7. The maximum atomic E-state index is 6.26. The van der Waals surface area contributed by atoms with Crippen LogP contribution in [0.4, 0.5) is 0 Å². The minimum atomic E-state index is 0.191. The molecule has 2 N–H and O–H groups in total. The fourth-order valence-electron chi connectivity index (χ4n) is 2.45. The molecule has 0 saturated carbocycles. The van der Waals surface area contributed by atoms with Crippen molar-refractivity contribution in [2.75, 3.05) is 40.0 Å². The maximum absolute atomic E-state index is 6.26. The van der Waals surface area contributed by atoms with Gasteiger partial charge in [-0.25, -0.2) is 0 Å². The van der Waals surface area contributed by atoms with Crippen molar-refractivity contribution < 1.29 is 14.2 Å². The Morgan fingerprint density at radius 1 is 1.38 bits per heavy atom. The van der Waals surface area contributed by atoms with Crippen LogP contribution in [0.3, 0.4) is 0 Å². The fraction of sp³-hybridized carbons (Fsp3) is 0.588. The summed E-state index contributed by atoms with van der Waals surface area (Å²) in [7, 11) is 1.69. The molecule has 2 rings (SSSR count). The Hall–Kier alpha value is -1.66. The molecule has 1 unspecified atom stereocenters. The van der Waals surface area contributed by atoms with Crippen LogP contribution < -0.4 is 20.1 Å². The van der Waals surface area contributed by atoms with Gasteiger partial charge < -0.3 is 24.8 Å². The van der Waals surface area contributed by atoms with Crippen LogP contribution in [0.25, 0.3) is 0 Å². The van der Waals surface area contributed by atoms with Crippen molar-refractivity contribution in [2.24, 2.45) is 4.99 Å². The molecule has 6 nitrogen and oxygen atoms in total. The van der Waals surface area contributed by atoms with Gasteiger partial charge in [0.1, 0.15) is 13.2 Å². The van der Waals surface area contributed by atoms with Gasteiger partial charge >= 0.3 is 0 Å². The fourth-order valence-corrected chi connectivity index (χ4v) is 2.74. The average Bonchev–Trinajstić information content (AvgIpc) is 2.55. The first-order chi connectivity index (χ1) is 11.6. The van der Waals surface area contributed by atoms with E-state index in [1.54, 1.807) is 7.11 Å². The number of ether oxygens (including phenoxy) is 3. The second kappa shape index (κ2) is 9.59. The van der Waals surface area contributed by atoms with E-state index in [4.69, 9.17) is 25.8 Å². The Kier molecular flexibility index (Phi) is 7.46. The number of fused-ring (bicyclic) bond motifs is 1. The number of aliphatic imine (C=N–C) groups is 1. The number of nitrogens with zero attached hydrogens (tertiary/aromatic N) is 1. The Labute approximate surface area is 148 Å². The quantitative estimate of drug-likeness (QED) is 0.580. The van der Waals surface area contributed by atoms with Gasteiger partial charge in [-0.15, -0.1) is 0 Å². The summed E-state index contributed by atoms with van der Waals surface area (Å²) in [6.07, 6.45) is 0.769. The predicted octanol–water partition coefficient (Wildman–Crippen LogP) is 2.24. The molecule has 1 aliphatic heterocycles. The van der Waals surface area contributed by atoms with Crippen LogP contribution in [0.1, 0.15) is 19.4 Å². The van der Waals surface area contributed by atoms with E-state index >= 15 is 0 Å². The van der Waals surface area contributed by atoms with Crippen molar-refractivity contribution in [3.05, 3.63) is 22.7 Å². The number of rotatable bonds is 7. The number of halogens is 1. The molecular weight excluding hydrogens is 330 g/mol. The zero-order valence-corrected chi connectivity index (χ0v) is 15.3. The van der Waals surface area contributed by atoms with Gasteiger partial charge in [0.25, 0.3) is 0 Å². The van der Waals surface area contributed by atoms with E-state index in [1.807, 2.05) is 19.1 Å². The van der Waals surface area contributed by atoms with E-state index in [0.717, 1.165) is 24.5 Å². The lowest BCUT2D eigenvalue weighted by atomic mass is 10.1. The van der Waals surface area contributed by atoms with E-state index in [9.17, 15) is 0 Å². The lowest BCUT2D eigenvalue weighted by Gasteiger charge is -2.20. The van der Waals surface area contributed by atoms with Crippen LogP contribution in [0.15, 0.2) is 17.1 Å². The standard InChI is InChI=1S/C17H26ClN3O3/c1-4-19-17(21-12(2)11-22-3)20-6-5-13-9-14(18)16-15(10-13)23-7-8-24-16/h9-10,12H,4-8,11H2,1-3H3,(H2,19,20,21). The number of guanidine groups is 1. The molecule has 0 amide bonds. The van der Waals surface area contributed by atoms with Crippen molar-refractivity contribution in [1.29, 1.82) is 0 Å². The maximum Gasteiger partial charge on any atom is 0.191 e. The van der Waals surface area contributed by atoms with Crippen LogP contribution in [0.2, 0.25) is 5.02 Å². The van der Waals surface area contributed by atoms with E-state index in [1.165, 1.54) is 0 Å². The van der Waals surface area contributed by atoms with Gasteiger partial charge in [0.05, 0.1) is 11.6 Å². The monoisotopic (exact) mass is 355 g/mol. The summed E-state index contributed by atoms with van der Waals surface area (Å²) in [4.78, 5) is 4.60. The molecule has 0 aromatic heterocycles. The third-order valence-electron chi connectivity index (χ3n) is 3.47. The summed E-state index contributed by atoms with van der Waals surface area (Å²) >= 11 is 6.26. The van der Waals surface area contributed by atoms with Gasteiger partial charge in [-0.2, -0.15) is 0 Å². The van der Waals surface area contributed by atoms with E-state index in [0.29, 0.717) is 42.9 Å². The summed E-state index contributed by atoms with van der Waals surface area (Å²) in [6, 6.07) is 4.08. The first-order valence-corrected chi connectivity index (χ1v) is 8.63. The van der Waals surface area contributed by atoms with Crippen LogP contribution in [0, 0.1) is 0 Å². The molecule has 0 aliphatic carbocycles. The number of methoxy groups -OCH3 is 1. The third-order valence-corrected chi connectivity index (χ3v) is 3.75. The second-order valence-corrected chi connectivity index (χ2v) is 6.02. The topological polar surface area (TPSA) is 64.1 Å². The zero-order valence-electron chi connectivity index (χ0n) is 14.5. The summed E-state index contributed by atoms with van der Waals surface area (Å²) in [5.41, 5.74) is 1.08. The Balaban J connectivity index is 1.96. The minimum absolute atomic E-state index is 0.191. The largest absolute Gasteiger partial charge is 0.486 e. The predicted molar refractivity (Wildman–Crippen MR) is 96.6 cm³/mol. The zero-order chi connectivity index (χ0) is 17.4. The normalized spacial score (nSPS) is 15.1. The smallest absolute Gasteiger partial charge is 0.191 e. The van der Waals surface area contributed by atoms with E-state index in [-0.39, 0.29) is 6.04 Å². The molecule has 0 bridgehead atoms. The Bertz CT molecular complexity index is 566. The molecular formula is C17H26ClN3O3. The molecule has 0 spiro atoms. The molecule has 7 heteroatoms. The lowest BCUT2D eigenvalue weighted by Crippen LogP contribution is -2.44. The highest BCUT2D eigenvalue weighted by Crippen LogP contribution is 2.38.